The van der Waals surface area contributed by atoms with Crippen LogP contribution in [0.1, 0.15) is 32.1 Å². The van der Waals surface area contributed by atoms with Gasteiger partial charge < -0.3 is 5.11 Å². The average Bonchev–Trinajstić information content (AvgIpc) is 2.27. The Balaban J connectivity index is 3.24. The monoisotopic (exact) mass is 318 g/mol. The Kier molecular flexibility index (Phi) is 4.06. The van der Waals surface area contributed by atoms with Crippen LogP contribution in [0.3, 0.4) is 0 Å². The molecule has 1 saturated carbocycles. The van der Waals surface area contributed by atoms with E-state index in [1.54, 1.807) is 0 Å². The first-order valence-electron chi connectivity index (χ1n) is 5.63. The fourth-order valence-corrected chi connectivity index (χ4v) is 2.12. The van der Waals surface area contributed by atoms with E-state index in [1.165, 1.54) is 0 Å². The van der Waals surface area contributed by atoms with Gasteiger partial charge in [-0.25, -0.2) is 0 Å². The van der Waals surface area contributed by atoms with E-state index in [-0.39, 0.29) is 12.8 Å². The molecule has 0 aromatic carbocycles. The van der Waals surface area contributed by atoms with E-state index in [9.17, 15) is 44.6 Å². The van der Waals surface area contributed by atoms with E-state index in [4.69, 9.17) is 0 Å². The van der Waals surface area contributed by atoms with E-state index in [1.807, 2.05) is 0 Å². The van der Waals surface area contributed by atoms with Crippen molar-refractivity contribution >= 4 is 0 Å². The molecule has 120 valence electrons. The van der Waals surface area contributed by atoms with Crippen molar-refractivity contribution in [1.29, 1.82) is 0 Å². The molecule has 1 N–H and O–H groups in total. The van der Waals surface area contributed by atoms with Crippen molar-refractivity contribution in [2.45, 2.75) is 61.6 Å². The van der Waals surface area contributed by atoms with Crippen LogP contribution in [-0.4, -0.2) is 34.7 Å². The Morgan fingerprint density at radius 1 is 0.650 bits per heavy atom. The van der Waals surface area contributed by atoms with E-state index in [2.05, 4.69) is 0 Å². The molecule has 0 aliphatic heterocycles. The molecule has 0 unspecified atom stereocenters. The van der Waals surface area contributed by atoms with E-state index in [0.29, 0.717) is 6.42 Å². The van der Waals surface area contributed by atoms with E-state index >= 15 is 0 Å². The van der Waals surface area contributed by atoms with Crippen LogP contribution in [0.2, 0.25) is 0 Å². The number of halogens is 9. The second-order valence-corrected chi connectivity index (χ2v) is 4.81. The van der Waals surface area contributed by atoms with E-state index in [0.717, 1.165) is 0 Å². The van der Waals surface area contributed by atoms with Crippen molar-refractivity contribution in [2.75, 3.05) is 0 Å². The maximum absolute atomic E-state index is 13.5. The topological polar surface area (TPSA) is 20.2 Å². The van der Waals surface area contributed by atoms with Crippen LogP contribution in [0.4, 0.5) is 39.5 Å². The van der Waals surface area contributed by atoms with Gasteiger partial charge in [0.15, 0.2) is 0 Å². The summed E-state index contributed by atoms with van der Waals surface area (Å²) in [6, 6.07) is 0. The molecule has 0 aromatic rings. The van der Waals surface area contributed by atoms with Gasteiger partial charge in [-0.2, -0.15) is 39.5 Å². The molecule has 1 fully saturated rings. The van der Waals surface area contributed by atoms with E-state index < -0.39 is 42.4 Å². The fourth-order valence-electron chi connectivity index (χ4n) is 2.12. The summed E-state index contributed by atoms with van der Waals surface area (Å²) in [6.45, 7) is 0. The number of rotatable bonds is 3. The Morgan fingerprint density at radius 2 is 1.05 bits per heavy atom. The molecule has 0 bridgehead atoms. The minimum absolute atomic E-state index is 0.167. The van der Waals surface area contributed by atoms with Gasteiger partial charge >= 0.3 is 23.9 Å². The molecule has 0 amide bonds. The minimum atomic E-state index is -6.95. The molecule has 1 aliphatic carbocycles. The van der Waals surface area contributed by atoms with Crippen molar-refractivity contribution in [3.8, 4) is 0 Å². The highest BCUT2D eigenvalue weighted by Crippen LogP contribution is 2.58. The van der Waals surface area contributed by atoms with Gasteiger partial charge in [0, 0.05) is 0 Å². The first-order valence-corrected chi connectivity index (χ1v) is 5.63. The van der Waals surface area contributed by atoms with Crippen LogP contribution < -0.4 is 0 Å². The van der Waals surface area contributed by atoms with Crippen molar-refractivity contribution < 1.29 is 44.6 Å². The van der Waals surface area contributed by atoms with Gasteiger partial charge in [0.25, 0.3) is 0 Å². The summed E-state index contributed by atoms with van der Waals surface area (Å²) in [5.41, 5.74) is -3.58. The second kappa shape index (κ2) is 4.67. The van der Waals surface area contributed by atoms with Gasteiger partial charge in [0.1, 0.15) is 5.60 Å². The number of alkyl halides is 9. The summed E-state index contributed by atoms with van der Waals surface area (Å²) in [5.74, 6) is -19.6. The molecular formula is C10H11F9O. The minimum Gasteiger partial charge on any atom is -0.383 e. The van der Waals surface area contributed by atoms with Gasteiger partial charge in [-0.15, -0.1) is 0 Å². The molecule has 0 heterocycles. The molecule has 0 aromatic heterocycles. The SMILES string of the molecule is OC1(C(F)(F)C(F)(F)C(F)(F)C(F)(F)F)CCCCC1. The molecule has 0 radical (unpaired) electrons. The maximum atomic E-state index is 13.5. The van der Waals surface area contributed by atoms with Gasteiger partial charge in [-0.3, -0.25) is 0 Å². The number of hydrogen-bond acceptors (Lipinski definition) is 1. The van der Waals surface area contributed by atoms with Gasteiger partial charge in [0.05, 0.1) is 0 Å². The Morgan fingerprint density at radius 3 is 1.40 bits per heavy atom. The zero-order valence-electron chi connectivity index (χ0n) is 9.88. The van der Waals surface area contributed by atoms with Gasteiger partial charge in [-0.1, -0.05) is 19.3 Å². The Labute approximate surface area is 107 Å². The standard InChI is InChI=1S/C10H11F9O/c11-7(12,6(20)4-2-1-3-5-6)8(13,14)9(15,16)10(17,18)19/h20H,1-5H2. The molecule has 0 atom stereocenters. The van der Waals surface area contributed by atoms with Crippen molar-refractivity contribution in [1.82, 2.24) is 0 Å². The van der Waals surface area contributed by atoms with Crippen LogP contribution in [0.5, 0.6) is 0 Å². The predicted octanol–water partition coefficient (Wildman–Crippen LogP) is 4.15. The van der Waals surface area contributed by atoms with Crippen LogP contribution in [0.15, 0.2) is 0 Å². The predicted molar refractivity (Wildman–Crippen MR) is 48.9 cm³/mol. The Hall–Kier alpha value is -0.670. The molecule has 20 heavy (non-hydrogen) atoms. The molecule has 0 spiro atoms. The summed E-state index contributed by atoms with van der Waals surface area (Å²) >= 11 is 0. The zero-order valence-corrected chi connectivity index (χ0v) is 9.88. The third kappa shape index (κ3) is 2.25. The molecule has 10 heteroatoms. The second-order valence-electron chi connectivity index (χ2n) is 4.81. The smallest absolute Gasteiger partial charge is 0.383 e. The highest BCUT2D eigenvalue weighted by atomic mass is 19.4. The zero-order chi connectivity index (χ0) is 16.0. The lowest BCUT2D eigenvalue weighted by Gasteiger charge is -2.44. The van der Waals surface area contributed by atoms with Gasteiger partial charge in [0.2, 0.25) is 0 Å². The van der Waals surface area contributed by atoms with Gasteiger partial charge in [-0.05, 0) is 12.8 Å². The third-order valence-corrected chi connectivity index (χ3v) is 3.41. The maximum Gasteiger partial charge on any atom is 0.460 e. The molecular weight excluding hydrogens is 307 g/mol. The summed E-state index contributed by atoms with van der Waals surface area (Å²) in [7, 11) is 0. The quantitative estimate of drug-likeness (QED) is 0.775. The molecule has 1 rings (SSSR count). The first kappa shape index (κ1) is 17.4. The molecule has 1 aliphatic rings. The number of hydrogen-bond donors (Lipinski definition) is 1. The normalized spacial score (nSPS) is 21.9. The third-order valence-electron chi connectivity index (χ3n) is 3.41. The lowest BCUT2D eigenvalue weighted by Crippen LogP contribution is -2.68. The largest absolute Gasteiger partial charge is 0.460 e. The van der Waals surface area contributed by atoms with Crippen LogP contribution in [0, 0.1) is 0 Å². The van der Waals surface area contributed by atoms with Crippen molar-refractivity contribution in [2.24, 2.45) is 0 Å². The fraction of sp³-hybridized carbons (Fsp3) is 1.00. The summed E-state index contributed by atoms with van der Waals surface area (Å²) in [5, 5.41) is 9.43. The molecule has 0 saturated heterocycles. The summed E-state index contributed by atoms with van der Waals surface area (Å²) < 4.78 is 114. The lowest BCUT2D eigenvalue weighted by molar-refractivity contribution is -0.418. The highest BCUT2D eigenvalue weighted by molar-refractivity contribution is 5.09. The molecule has 1 nitrogen and oxygen atoms in total. The Bertz CT molecular complexity index is 354. The highest BCUT2D eigenvalue weighted by Gasteiger charge is 2.85. The average molecular weight is 318 g/mol. The number of aliphatic hydroxyl groups is 1. The van der Waals surface area contributed by atoms with Crippen LogP contribution >= 0.6 is 0 Å². The summed E-state index contributed by atoms with van der Waals surface area (Å²) in [4.78, 5) is 0. The van der Waals surface area contributed by atoms with Crippen molar-refractivity contribution in [3.63, 3.8) is 0 Å². The van der Waals surface area contributed by atoms with Crippen molar-refractivity contribution in [3.05, 3.63) is 0 Å². The van der Waals surface area contributed by atoms with Crippen LogP contribution in [0.25, 0.3) is 0 Å². The van der Waals surface area contributed by atoms with Crippen LogP contribution in [-0.2, 0) is 0 Å². The summed E-state index contributed by atoms with van der Waals surface area (Å²) in [6.07, 6.45) is -8.84. The lowest BCUT2D eigenvalue weighted by atomic mass is 9.76. The first-order chi connectivity index (χ1) is 8.71.